The predicted molar refractivity (Wildman–Crippen MR) is 240 cm³/mol. The fraction of sp³-hybridized carbons (Fsp3) is 0.913. The van der Waals surface area contributed by atoms with E-state index in [4.69, 9.17) is 28.0 Å². The maximum atomic E-state index is 13.4. The summed E-state index contributed by atoms with van der Waals surface area (Å²) in [7, 11) is -5.37. The van der Waals surface area contributed by atoms with E-state index in [2.05, 4.69) is 26.0 Å². The van der Waals surface area contributed by atoms with Crippen LogP contribution in [0.15, 0.2) is 12.2 Å². The Balaban J connectivity index is 1.98. The van der Waals surface area contributed by atoms with Crippen LogP contribution in [0.2, 0.25) is 0 Å². The van der Waals surface area contributed by atoms with E-state index in [1.807, 2.05) is 0 Å². The van der Waals surface area contributed by atoms with Gasteiger partial charge in [-0.25, -0.2) is 4.57 Å². The van der Waals surface area contributed by atoms with E-state index in [0.29, 0.717) is 12.8 Å². The van der Waals surface area contributed by atoms with Gasteiger partial charge in [-0.05, 0) is 38.5 Å². The topological polar surface area (TPSA) is 289 Å². The van der Waals surface area contributed by atoms with Gasteiger partial charge in [-0.1, -0.05) is 135 Å². The maximum Gasteiger partial charge on any atom is 0.472 e. The van der Waals surface area contributed by atoms with Gasteiger partial charge < -0.3 is 64.7 Å². The normalized spacial score (nSPS) is 28.6. The Morgan fingerprint density at radius 1 is 0.569 bits per heavy atom. The zero-order valence-corrected chi connectivity index (χ0v) is 39.9. The summed E-state index contributed by atoms with van der Waals surface area (Å²) in [6.07, 6.45) is 5.98. The van der Waals surface area contributed by atoms with Gasteiger partial charge >= 0.3 is 19.8 Å². The summed E-state index contributed by atoms with van der Waals surface area (Å²) in [5.41, 5.74) is 0. The molecule has 1 saturated heterocycles. The summed E-state index contributed by atoms with van der Waals surface area (Å²) < 4.78 is 45.3. The first-order chi connectivity index (χ1) is 31.2. The Morgan fingerprint density at radius 3 is 1.54 bits per heavy atom. The lowest BCUT2D eigenvalue weighted by molar-refractivity contribution is -0.338. The molecule has 0 aromatic heterocycles. The quantitative estimate of drug-likeness (QED) is 0.0173. The molecule has 18 nitrogen and oxygen atoms in total. The highest BCUT2D eigenvalue weighted by molar-refractivity contribution is 7.47. The van der Waals surface area contributed by atoms with Crippen molar-refractivity contribution in [2.24, 2.45) is 0 Å². The van der Waals surface area contributed by atoms with Crippen molar-refractivity contribution in [3.05, 3.63) is 12.2 Å². The second-order valence-electron chi connectivity index (χ2n) is 17.7. The van der Waals surface area contributed by atoms with Crippen LogP contribution in [0.25, 0.3) is 0 Å². The summed E-state index contributed by atoms with van der Waals surface area (Å²) in [5, 5.41) is 82.8. The zero-order valence-electron chi connectivity index (χ0n) is 39.0. The van der Waals surface area contributed by atoms with E-state index in [1.165, 1.54) is 83.5 Å². The van der Waals surface area contributed by atoms with Gasteiger partial charge in [0.2, 0.25) is 0 Å². The molecule has 0 radical (unpaired) electrons. The first kappa shape index (κ1) is 59.5. The maximum absolute atomic E-state index is 13.4. The molecule has 0 aromatic rings. The van der Waals surface area contributed by atoms with Crippen molar-refractivity contribution in [2.45, 2.75) is 248 Å². The summed E-state index contributed by atoms with van der Waals surface area (Å²) in [6, 6.07) is 0. The SMILES string of the molecule is CCCCCCCCCC=CCCCCCC(=O)OC(COC(=O)CCCCCCCCCCCCC)COP(=O)(O)OC1C(O)C(O)C(O)C(O)C1OC1OC(CO)C(O)C(O)C1O. The zero-order chi connectivity index (χ0) is 48.0. The second kappa shape index (κ2) is 34.6. The van der Waals surface area contributed by atoms with Crippen LogP contribution in [0.4, 0.5) is 0 Å². The Bertz CT molecular complexity index is 1320. The van der Waals surface area contributed by atoms with Crippen molar-refractivity contribution in [1.29, 1.82) is 0 Å². The Labute approximate surface area is 386 Å². The average Bonchev–Trinajstić information content (AvgIpc) is 3.28. The number of allylic oxidation sites excluding steroid dienone is 2. The highest BCUT2D eigenvalue weighted by atomic mass is 31.2. The number of phosphoric acid groups is 1. The van der Waals surface area contributed by atoms with Gasteiger partial charge in [0.05, 0.1) is 13.2 Å². The van der Waals surface area contributed by atoms with Crippen molar-refractivity contribution in [2.75, 3.05) is 19.8 Å². The first-order valence-corrected chi connectivity index (χ1v) is 26.0. The molecule has 0 aromatic carbocycles. The number of carbonyl (C=O) groups is 2. The van der Waals surface area contributed by atoms with Gasteiger partial charge in [-0.3, -0.25) is 18.6 Å². The van der Waals surface area contributed by atoms with Gasteiger partial charge in [-0.2, -0.15) is 0 Å². The number of esters is 2. The van der Waals surface area contributed by atoms with Crippen molar-refractivity contribution in [3.8, 4) is 0 Å². The number of aliphatic hydroxyl groups excluding tert-OH is 8. The fourth-order valence-electron chi connectivity index (χ4n) is 7.87. The molecule has 0 bridgehead atoms. The highest BCUT2D eigenvalue weighted by Gasteiger charge is 2.55. The summed E-state index contributed by atoms with van der Waals surface area (Å²) in [5.74, 6) is -1.23. The summed E-state index contributed by atoms with van der Waals surface area (Å²) in [6.45, 7) is 2.19. The van der Waals surface area contributed by atoms with Gasteiger partial charge in [-0.15, -0.1) is 0 Å². The van der Waals surface area contributed by atoms with Crippen molar-refractivity contribution in [1.82, 2.24) is 0 Å². The monoisotopic (exact) mass is 957 g/mol. The number of aliphatic hydroxyl groups is 8. The molecule has 13 unspecified atom stereocenters. The number of unbranched alkanes of at least 4 members (excludes halogenated alkanes) is 20. The number of rotatable bonds is 37. The van der Waals surface area contributed by atoms with E-state index in [-0.39, 0.29) is 12.8 Å². The standard InChI is InChI=1S/C46H85O18P/c1-3-5-7-9-11-13-15-16-17-19-21-23-25-27-29-36(49)61-33(31-59-35(48)28-26-24-22-20-18-14-12-10-8-6-4-2)32-60-65(57,58)64-45-42(55)40(53)39(52)41(54)44(45)63-46-43(56)38(51)37(50)34(30-47)62-46/h17,19,33-34,37-47,50-56H,3-16,18,20-32H2,1-2H3,(H,57,58). The van der Waals surface area contributed by atoms with Crippen molar-refractivity contribution in [3.63, 3.8) is 0 Å². The number of hydrogen-bond donors (Lipinski definition) is 9. The average molecular weight is 957 g/mol. The molecule has 2 fully saturated rings. The minimum atomic E-state index is -5.37. The molecular formula is C46H85O18P. The van der Waals surface area contributed by atoms with E-state index >= 15 is 0 Å². The van der Waals surface area contributed by atoms with Crippen molar-refractivity contribution >= 4 is 19.8 Å². The summed E-state index contributed by atoms with van der Waals surface area (Å²) in [4.78, 5) is 36.4. The number of phosphoric ester groups is 1. The molecule has 0 spiro atoms. The van der Waals surface area contributed by atoms with Crippen LogP contribution in [-0.4, -0.2) is 151 Å². The molecule has 2 aliphatic rings. The lowest BCUT2D eigenvalue weighted by atomic mass is 9.84. The lowest BCUT2D eigenvalue weighted by Gasteiger charge is -2.47. The largest absolute Gasteiger partial charge is 0.472 e. The van der Waals surface area contributed by atoms with Gasteiger partial charge in [0, 0.05) is 12.8 Å². The molecule has 65 heavy (non-hydrogen) atoms. The van der Waals surface area contributed by atoms with E-state index in [0.717, 1.165) is 51.4 Å². The number of hydrogen-bond acceptors (Lipinski definition) is 17. The fourth-order valence-corrected chi connectivity index (χ4v) is 8.84. The van der Waals surface area contributed by atoms with E-state index in [1.54, 1.807) is 0 Å². The van der Waals surface area contributed by atoms with E-state index in [9.17, 15) is 59.9 Å². The Morgan fingerprint density at radius 2 is 1.02 bits per heavy atom. The molecule has 382 valence electrons. The molecule has 1 aliphatic heterocycles. The molecular weight excluding hydrogens is 871 g/mol. The minimum absolute atomic E-state index is 0.0154. The van der Waals surface area contributed by atoms with Crippen LogP contribution in [0, 0.1) is 0 Å². The Hall–Kier alpha value is -1.61. The molecule has 1 saturated carbocycles. The van der Waals surface area contributed by atoms with Gasteiger partial charge in [0.15, 0.2) is 12.4 Å². The molecule has 9 N–H and O–H groups in total. The molecule has 0 amide bonds. The second-order valence-corrected chi connectivity index (χ2v) is 19.1. The van der Waals surface area contributed by atoms with Crippen LogP contribution in [0.3, 0.4) is 0 Å². The van der Waals surface area contributed by atoms with Gasteiger partial charge in [0.1, 0.15) is 67.6 Å². The molecule has 1 heterocycles. The molecule has 2 rings (SSSR count). The molecule has 1 aliphatic carbocycles. The third kappa shape index (κ3) is 24.0. The van der Waals surface area contributed by atoms with E-state index < -0.39 is 113 Å². The van der Waals surface area contributed by atoms with Crippen LogP contribution >= 0.6 is 7.82 Å². The van der Waals surface area contributed by atoms with Crippen LogP contribution in [0.5, 0.6) is 0 Å². The number of carbonyl (C=O) groups excluding carboxylic acids is 2. The van der Waals surface area contributed by atoms with Crippen LogP contribution < -0.4 is 0 Å². The summed E-state index contributed by atoms with van der Waals surface area (Å²) >= 11 is 0. The predicted octanol–water partition coefficient (Wildman–Crippen LogP) is 4.93. The highest BCUT2D eigenvalue weighted by Crippen LogP contribution is 2.48. The molecule has 19 heteroatoms. The number of ether oxygens (including phenoxy) is 4. The Kier molecular flexibility index (Phi) is 31.7. The van der Waals surface area contributed by atoms with Crippen LogP contribution in [0.1, 0.15) is 174 Å². The van der Waals surface area contributed by atoms with Gasteiger partial charge in [0.25, 0.3) is 0 Å². The smallest absolute Gasteiger partial charge is 0.462 e. The van der Waals surface area contributed by atoms with Crippen LogP contribution in [-0.2, 0) is 42.1 Å². The molecule has 13 atom stereocenters. The third-order valence-electron chi connectivity index (χ3n) is 12.0. The lowest BCUT2D eigenvalue weighted by Crippen LogP contribution is -2.67. The first-order valence-electron chi connectivity index (χ1n) is 24.5. The third-order valence-corrected chi connectivity index (χ3v) is 13.0. The van der Waals surface area contributed by atoms with Crippen molar-refractivity contribution < 1.29 is 87.9 Å². The minimum Gasteiger partial charge on any atom is -0.462 e.